The van der Waals surface area contributed by atoms with Gasteiger partial charge in [-0.1, -0.05) is 70.7 Å². The fourth-order valence-electron chi connectivity index (χ4n) is 2.46. The van der Waals surface area contributed by atoms with Gasteiger partial charge in [-0.25, -0.2) is 20.0 Å². The Kier molecular flexibility index (Phi) is 11.5. The Labute approximate surface area is 232 Å². The molecule has 0 saturated carbocycles. The molecule has 2 aromatic carbocycles. The third-order valence-electron chi connectivity index (χ3n) is 4.10. The van der Waals surface area contributed by atoms with Crippen LogP contribution in [0.3, 0.4) is 0 Å². The van der Waals surface area contributed by atoms with E-state index in [0.717, 1.165) is 0 Å². The number of phenols is 2. The van der Waals surface area contributed by atoms with Crippen molar-refractivity contribution < 1.29 is 27.3 Å². The molecular formula is C24H16Cl4CuN4O2. The van der Waals surface area contributed by atoms with Gasteiger partial charge in [0.2, 0.25) is 0 Å². The van der Waals surface area contributed by atoms with Crippen LogP contribution in [0.25, 0.3) is 0 Å². The number of pyridine rings is 2. The van der Waals surface area contributed by atoms with E-state index in [1.165, 1.54) is 24.8 Å². The summed E-state index contributed by atoms with van der Waals surface area (Å²) < 4.78 is 0. The Bertz CT molecular complexity index is 1250. The summed E-state index contributed by atoms with van der Waals surface area (Å²) in [7, 11) is 0. The Morgan fingerprint density at radius 2 is 1.00 bits per heavy atom. The van der Waals surface area contributed by atoms with Crippen LogP contribution in [0.15, 0.2) is 83.0 Å². The van der Waals surface area contributed by atoms with Gasteiger partial charge in [0.15, 0.2) is 11.6 Å². The van der Waals surface area contributed by atoms with Crippen LogP contribution in [0.2, 0.25) is 20.1 Å². The predicted molar refractivity (Wildman–Crippen MR) is 139 cm³/mol. The minimum absolute atomic E-state index is 0. The van der Waals surface area contributed by atoms with E-state index < -0.39 is 0 Å². The van der Waals surface area contributed by atoms with E-state index in [2.05, 4.69) is 20.0 Å². The normalized spacial score (nSPS) is 10.6. The predicted octanol–water partition coefficient (Wildman–Crippen LogP) is 7.69. The zero-order chi connectivity index (χ0) is 24.5. The monoisotopic (exact) mass is 595 g/mol. The maximum atomic E-state index is 9.54. The maximum absolute atomic E-state index is 9.54. The molecule has 35 heavy (non-hydrogen) atoms. The Morgan fingerprint density at radius 1 is 0.629 bits per heavy atom. The second kappa shape index (κ2) is 14.0. The molecule has 0 aliphatic rings. The van der Waals surface area contributed by atoms with Crippen molar-refractivity contribution in [2.75, 3.05) is 0 Å². The van der Waals surface area contributed by atoms with Gasteiger partial charge in [0, 0.05) is 53.0 Å². The Morgan fingerprint density at radius 3 is 1.34 bits per heavy atom. The average Bonchev–Trinajstić information content (AvgIpc) is 2.80. The average molecular weight is 598 g/mol. The van der Waals surface area contributed by atoms with E-state index in [-0.39, 0.29) is 28.6 Å². The van der Waals surface area contributed by atoms with Crippen LogP contribution in [0.5, 0.6) is 11.5 Å². The first kappa shape index (κ1) is 28.6. The van der Waals surface area contributed by atoms with Crippen LogP contribution in [0.4, 0.5) is 11.6 Å². The van der Waals surface area contributed by atoms with Gasteiger partial charge in [0.1, 0.15) is 11.5 Å². The summed E-state index contributed by atoms with van der Waals surface area (Å²) in [5.41, 5.74) is 1.20. The first-order valence-corrected chi connectivity index (χ1v) is 11.1. The number of aliphatic imine (C=N–C) groups is 2. The molecule has 0 aliphatic carbocycles. The maximum Gasteiger partial charge on any atom is 0.170 e. The third kappa shape index (κ3) is 8.82. The molecule has 0 spiro atoms. The molecule has 11 heteroatoms. The number of aromatic nitrogens is 2. The molecule has 4 rings (SSSR count). The Hall–Kier alpha value is -2.64. The van der Waals surface area contributed by atoms with Crippen LogP contribution in [-0.4, -0.2) is 32.6 Å². The van der Waals surface area contributed by atoms with Crippen LogP contribution >= 0.6 is 46.4 Å². The van der Waals surface area contributed by atoms with Gasteiger partial charge in [0.25, 0.3) is 0 Å². The summed E-state index contributed by atoms with van der Waals surface area (Å²) in [6, 6.07) is 16.8. The third-order valence-corrected chi connectivity index (χ3v) is 5.07. The minimum atomic E-state index is 0. The van der Waals surface area contributed by atoms with Crippen molar-refractivity contribution in [3.63, 3.8) is 0 Å². The number of rotatable bonds is 4. The molecule has 4 aromatic rings. The molecule has 0 aliphatic heterocycles. The van der Waals surface area contributed by atoms with Gasteiger partial charge in [-0.3, -0.25) is 0 Å². The molecule has 2 N–H and O–H groups in total. The quantitative estimate of drug-likeness (QED) is 0.186. The molecule has 0 atom stereocenters. The van der Waals surface area contributed by atoms with Gasteiger partial charge >= 0.3 is 0 Å². The summed E-state index contributed by atoms with van der Waals surface area (Å²) in [5, 5.41) is 20.7. The second-order valence-electron chi connectivity index (χ2n) is 6.55. The van der Waals surface area contributed by atoms with Gasteiger partial charge in [-0.2, -0.15) is 0 Å². The zero-order valence-corrected chi connectivity index (χ0v) is 21.5. The van der Waals surface area contributed by atoms with E-state index in [1.54, 1.807) is 60.7 Å². The molecule has 0 saturated heterocycles. The van der Waals surface area contributed by atoms with Crippen molar-refractivity contribution in [3.8, 4) is 11.5 Å². The number of hydrogen-bond acceptors (Lipinski definition) is 6. The van der Waals surface area contributed by atoms with Gasteiger partial charge in [-0.15, -0.1) is 0 Å². The van der Waals surface area contributed by atoms with E-state index >= 15 is 0 Å². The van der Waals surface area contributed by atoms with Crippen molar-refractivity contribution in [2.24, 2.45) is 9.98 Å². The molecule has 2 aromatic heterocycles. The van der Waals surface area contributed by atoms with Gasteiger partial charge in [0.05, 0.1) is 20.1 Å². The van der Waals surface area contributed by atoms with E-state index in [1.807, 2.05) is 0 Å². The largest absolute Gasteiger partial charge is 0.507 e. The summed E-state index contributed by atoms with van der Waals surface area (Å²) in [5.74, 6) is 1.03. The number of phenolic OH excluding ortho intramolecular Hbond substituents is 2. The number of benzene rings is 2. The second-order valence-corrected chi connectivity index (χ2v) is 8.24. The number of halogens is 4. The van der Waals surface area contributed by atoms with Crippen molar-refractivity contribution in [1.82, 2.24) is 9.97 Å². The van der Waals surface area contributed by atoms with Crippen LogP contribution in [0, 0.1) is 0 Å². The summed E-state index contributed by atoms with van der Waals surface area (Å²) in [6.07, 6.45) is 5.92. The zero-order valence-electron chi connectivity index (χ0n) is 17.6. The smallest absolute Gasteiger partial charge is 0.170 e. The van der Waals surface area contributed by atoms with Crippen LogP contribution < -0.4 is 0 Å². The van der Waals surface area contributed by atoms with E-state index in [9.17, 15) is 10.2 Å². The molecule has 1 radical (unpaired) electrons. The first-order chi connectivity index (χ1) is 16.3. The van der Waals surface area contributed by atoms with Gasteiger partial charge < -0.3 is 10.2 Å². The minimum Gasteiger partial charge on any atom is -0.507 e. The van der Waals surface area contributed by atoms with E-state index in [4.69, 9.17) is 46.4 Å². The summed E-state index contributed by atoms with van der Waals surface area (Å²) in [6.45, 7) is 0. The van der Waals surface area contributed by atoms with Crippen molar-refractivity contribution in [3.05, 3.63) is 104 Å². The molecule has 6 nitrogen and oxygen atoms in total. The number of hydrogen-bond donors (Lipinski definition) is 2. The van der Waals surface area contributed by atoms with Crippen LogP contribution in [0.1, 0.15) is 11.1 Å². The molecule has 0 bridgehead atoms. The van der Waals surface area contributed by atoms with Crippen molar-refractivity contribution in [2.45, 2.75) is 0 Å². The fourth-order valence-corrected chi connectivity index (χ4v) is 3.32. The van der Waals surface area contributed by atoms with E-state index in [0.29, 0.717) is 42.9 Å². The molecule has 2 heterocycles. The van der Waals surface area contributed by atoms with Crippen LogP contribution in [-0.2, 0) is 17.1 Å². The van der Waals surface area contributed by atoms with Crippen molar-refractivity contribution >= 4 is 70.5 Å². The van der Waals surface area contributed by atoms with Gasteiger partial charge in [-0.05, 0) is 36.4 Å². The Balaban J connectivity index is 0.000000240. The molecule has 0 fully saturated rings. The van der Waals surface area contributed by atoms with Crippen molar-refractivity contribution in [1.29, 1.82) is 0 Å². The molecule has 0 unspecified atom stereocenters. The summed E-state index contributed by atoms with van der Waals surface area (Å²) in [4.78, 5) is 16.1. The standard InChI is InChI=1S/2C12H8Cl2N2O.Cu/c2*13-9-5-10(14)12(16-7-9)15-6-8-3-1-2-4-11(8)17;/h2*1-7,17H;/b2*15-6+;. The first-order valence-electron chi connectivity index (χ1n) is 9.59. The molecular weight excluding hydrogens is 582 g/mol. The summed E-state index contributed by atoms with van der Waals surface area (Å²) >= 11 is 23.3. The topological polar surface area (TPSA) is 91.0 Å². The molecule has 183 valence electrons. The SMILES string of the molecule is Oc1ccccc1/C=N/c1ncc(Cl)cc1Cl.Oc1ccccc1/C=N/c1ncc(Cl)cc1Cl.[Cu]. The number of aromatic hydroxyl groups is 2. The molecule has 0 amide bonds. The fraction of sp³-hybridized carbons (Fsp3) is 0. The number of nitrogens with zero attached hydrogens (tertiary/aromatic N) is 4. The number of para-hydroxylation sites is 2.